The van der Waals surface area contributed by atoms with Crippen molar-refractivity contribution < 1.29 is 27.4 Å². The number of nitrogens with one attached hydrogen (secondary N) is 1. The minimum atomic E-state index is -4.77. The summed E-state index contributed by atoms with van der Waals surface area (Å²) in [7, 11) is 0. The van der Waals surface area contributed by atoms with Gasteiger partial charge in [-0.1, -0.05) is 11.6 Å². The number of aromatic nitrogens is 5. The van der Waals surface area contributed by atoms with Crippen molar-refractivity contribution in [3.8, 4) is 40.2 Å². The fourth-order valence-corrected chi connectivity index (χ4v) is 4.15. The number of hydrogen-bond acceptors (Lipinski definition) is 6. The Hall–Kier alpha value is -4.25. The van der Waals surface area contributed by atoms with E-state index in [4.69, 9.17) is 21.1 Å². The monoisotopic (exact) mass is 529 g/mol. The molecule has 0 atom stereocenters. The minimum Gasteiger partial charge on any atom is -0.491 e. The maximum Gasteiger partial charge on any atom is 0.573 e. The van der Waals surface area contributed by atoms with Gasteiger partial charge < -0.3 is 18.8 Å². The Labute approximate surface area is 213 Å². The van der Waals surface area contributed by atoms with Gasteiger partial charge in [-0.05, 0) is 91.0 Å². The van der Waals surface area contributed by atoms with E-state index in [1.54, 1.807) is 12.1 Å². The number of halogens is 4. The summed E-state index contributed by atoms with van der Waals surface area (Å²) < 4.78 is 54.7. The van der Waals surface area contributed by atoms with Crippen molar-refractivity contribution in [3.63, 3.8) is 0 Å². The van der Waals surface area contributed by atoms with E-state index in [0.29, 0.717) is 33.4 Å². The maximum atomic E-state index is 12.4. The van der Waals surface area contributed by atoms with Gasteiger partial charge in [0.2, 0.25) is 0 Å². The third kappa shape index (κ3) is 5.31. The Morgan fingerprint density at radius 2 is 1.54 bits per heavy atom. The van der Waals surface area contributed by atoms with Gasteiger partial charge in [-0.3, -0.25) is 0 Å². The van der Waals surface area contributed by atoms with Crippen LogP contribution in [0.3, 0.4) is 0 Å². The fraction of sp³-hybridized carbons (Fsp3) is 0.160. The van der Waals surface area contributed by atoms with Crippen molar-refractivity contribution in [2.45, 2.75) is 26.3 Å². The molecular weight excluding hydrogens is 511 g/mol. The Balaban J connectivity index is 1.52. The Bertz CT molecular complexity index is 1520. The molecule has 1 N–H and O–H groups in total. The highest BCUT2D eigenvalue weighted by molar-refractivity contribution is 6.38. The van der Waals surface area contributed by atoms with E-state index in [1.807, 2.05) is 48.7 Å². The van der Waals surface area contributed by atoms with Gasteiger partial charge in [0.1, 0.15) is 28.7 Å². The van der Waals surface area contributed by atoms with Crippen LogP contribution in [-0.4, -0.2) is 37.7 Å². The summed E-state index contributed by atoms with van der Waals surface area (Å²) in [5.74, 6) is 1.51. The van der Waals surface area contributed by atoms with Crippen LogP contribution in [-0.2, 0) is 0 Å². The zero-order chi connectivity index (χ0) is 26.2. The van der Waals surface area contributed by atoms with Crippen LogP contribution in [0.2, 0.25) is 5.02 Å². The van der Waals surface area contributed by atoms with Crippen LogP contribution in [0, 0.1) is 0 Å². The molecule has 0 aliphatic heterocycles. The summed E-state index contributed by atoms with van der Waals surface area (Å²) in [6.07, 6.45) is -4.73. The number of aromatic amines is 1. The highest BCUT2D eigenvalue weighted by atomic mass is 35.5. The highest BCUT2D eigenvalue weighted by Gasteiger charge is 2.31. The van der Waals surface area contributed by atoms with Crippen molar-refractivity contribution in [3.05, 3.63) is 71.8 Å². The molecule has 8 nitrogen and oxygen atoms in total. The summed E-state index contributed by atoms with van der Waals surface area (Å²) in [5.41, 5.74) is 2.11. The molecule has 0 saturated heterocycles. The van der Waals surface area contributed by atoms with E-state index in [1.165, 1.54) is 24.3 Å². The first-order valence-corrected chi connectivity index (χ1v) is 11.4. The van der Waals surface area contributed by atoms with Gasteiger partial charge >= 0.3 is 6.36 Å². The van der Waals surface area contributed by atoms with Gasteiger partial charge in [0, 0.05) is 11.1 Å². The number of hydrogen-bond donors (Lipinski definition) is 1. The lowest BCUT2D eigenvalue weighted by molar-refractivity contribution is -0.274. The molecule has 3 aromatic carbocycles. The second kappa shape index (κ2) is 9.66. The molecule has 0 aliphatic carbocycles. The molecule has 12 heteroatoms. The van der Waals surface area contributed by atoms with Crippen LogP contribution in [0.1, 0.15) is 13.8 Å². The van der Waals surface area contributed by atoms with Crippen molar-refractivity contribution in [1.29, 1.82) is 0 Å². The SMILES string of the molecule is CC(C)Oc1ccc(-n2c(-c3nnn[nH]3)c(Cl)c3cc(Oc4ccc(OC(F)(F)F)cc4)ccc32)cc1. The smallest absolute Gasteiger partial charge is 0.491 e. The van der Waals surface area contributed by atoms with Gasteiger partial charge in [-0.2, -0.15) is 0 Å². The van der Waals surface area contributed by atoms with Crippen LogP contribution in [0.4, 0.5) is 13.2 Å². The molecule has 37 heavy (non-hydrogen) atoms. The van der Waals surface area contributed by atoms with Crippen LogP contribution in [0.25, 0.3) is 28.1 Å². The first-order valence-electron chi connectivity index (χ1n) is 11.1. The van der Waals surface area contributed by atoms with E-state index in [9.17, 15) is 13.2 Å². The first-order chi connectivity index (χ1) is 17.7. The standard InChI is InChI=1S/C25H19ClF3N5O3/c1-14(2)35-16-5-3-15(4-6-16)34-21-12-11-19(13-20(21)22(26)23(34)24-30-32-33-31-24)36-17-7-9-18(10-8-17)37-25(27,28)29/h3-14H,1-2H3,(H,30,31,32,33). The van der Waals surface area contributed by atoms with Crippen LogP contribution < -0.4 is 14.2 Å². The highest BCUT2D eigenvalue weighted by Crippen LogP contribution is 2.40. The normalized spacial score (nSPS) is 11.8. The molecule has 0 bridgehead atoms. The molecular formula is C25H19ClF3N5O3. The summed E-state index contributed by atoms with van der Waals surface area (Å²) in [4.78, 5) is 0. The quantitative estimate of drug-likeness (QED) is 0.246. The Morgan fingerprint density at radius 3 is 2.16 bits per heavy atom. The predicted octanol–water partition coefficient (Wildman–Crippen LogP) is 6.94. The van der Waals surface area contributed by atoms with E-state index in [-0.39, 0.29) is 11.9 Å². The minimum absolute atomic E-state index is 0.0373. The molecule has 0 spiro atoms. The average Bonchev–Trinajstić information content (AvgIpc) is 3.46. The van der Waals surface area contributed by atoms with E-state index in [0.717, 1.165) is 17.0 Å². The molecule has 0 amide bonds. The Kier molecular flexibility index (Phi) is 6.38. The number of H-pyrrole nitrogens is 1. The summed E-state index contributed by atoms with van der Waals surface area (Å²) in [6.45, 7) is 3.90. The van der Waals surface area contributed by atoms with Gasteiger partial charge in [-0.15, -0.1) is 18.3 Å². The van der Waals surface area contributed by atoms with Crippen molar-refractivity contribution in [2.75, 3.05) is 0 Å². The zero-order valence-corrected chi connectivity index (χ0v) is 20.2. The van der Waals surface area contributed by atoms with Crippen LogP contribution in [0.15, 0.2) is 66.7 Å². The van der Waals surface area contributed by atoms with Crippen LogP contribution >= 0.6 is 11.6 Å². The molecule has 0 unspecified atom stereocenters. The average molecular weight is 530 g/mol. The lowest BCUT2D eigenvalue weighted by Crippen LogP contribution is -2.16. The van der Waals surface area contributed by atoms with Crippen molar-refractivity contribution in [2.24, 2.45) is 0 Å². The molecule has 0 fully saturated rings. The molecule has 2 aromatic heterocycles. The molecule has 2 heterocycles. The number of benzene rings is 3. The molecule has 0 radical (unpaired) electrons. The third-order valence-corrected chi connectivity index (χ3v) is 5.59. The zero-order valence-electron chi connectivity index (χ0n) is 19.5. The number of nitrogens with zero attached hydrogens (tertiary/aromatic N) is 4. The van der Waals surface area contributed by atoms with Gasteiger partial charge in [0.15, 0.2) is 5.82 Å². The topological polar surface area (TPSA) is 87.1 Å². The fourth-order valence-electron chi connectivity index (χ4n) is 3.82. The van der Waals surface area contributed by atoms with E-state index in [2.05, 4.69) is 25.4 Å². The molecule has 0 aliphatic rings. The number of rotatable bonds is 7. The van der Waals surface area contributed by atoms with Crippen molar-refractivity contribution in [1.82, 2.24) is 25.2 Å². The Morgan fingerprint density at radius 1 is 0.892 bits per heavy atom. The van der Waals surface area contributed by atoms with Crippen molar-refractivity contribution >= 4 is 22.5 Å². The summed E-state index contributed by atoms with van der Waals surface area (Å²) in [6, 6.07) is 17.9. The van der Waals surface area contributed by atoms with Crippen LogP contribution in [0.5, 0.6) is 23.0 Å². The second-order valence-corrected chi connectivity index (χ2v) is 8.59. The van der Waals surface area contributed by atoms with E-state index < -0.39 is 6.36 Å². The predicted molar refractivity (Wildman–Crippen MR) is 130 cm³/mol. The largest absolute Gasteiger partial charge is 0.573 e. The van der Waals surface area contributed by atoms with Gasteiger partial charge in [-0.25, -0.2) is 5.10 Å². The number of ether oxygens (including phenoxy) is 3. The van der Waals surface area contributed by atoms with Gasteiger partial charge in [0.05, 0.1) is 16.6 Å². The molecule has 5 aromatic rings. The lowest BCUT2D eigenvalue weighted by atomic mass is 10.2. The second-order valence-electron chi connectivity index (χ2n) is 8.21. The van der Waals surface area contributed by atoms with E-state index >= 15 is 0 Å². The molecule has 0 saturated carbocycles. The molecule has 5 rings (SSSR count). The first kappa shape index (κ1) is 24.4. The molecule has 190 valence electrons. The number of fused-ring (bicyclic) bond motifs is 1. The van der Waals surface area contributed by atoms with Gasteiger partial charge in [0.25, 0.3) is 0 Å². The third-order valence-electron chi connectivity index (χ3n) is 5.21. The number of alkyl halides is 3. The lowest BCUT2D eigenvalue weighted by Gasteiger charge is -2.13. The number of tetrazole rings is 1. The summed E-state index contributed by atoms with van der Waals surface area (Å²) in [5, 5.41) is 15.2. The summed E-state index contributed by atoms with van der Waals surface area (Å²) >= 11 is 6.82. The maximum absolute atomic E-state index is 12.4.